The fraction of sp³-hybridized carbons (Fsp3) is 0.750. The Labute approximate surface area is 81.0 Å². The first-order valence-corrected chi connectivity index (χ1v) is 4.65. The highest BCUT2D eigenvalue weighted by Gasteiger charge is 2.39. The van der Waals surface area contributed by atoms with Crippen LogP contribution in [0.25, 0.3) is 0 Å². The second kappa shape index (κ2) is 3.45. The van der Waals surface area contributed by atoms with E-state index in [9.17, 15) is 9.59 Å². The van der Waals surface area contributed by atoms with Gasteiger partial charge in [-0.15, -0.1) is 0 Å². The molecule has 2 heterocycles. The van der Waals surface area contributed by atoms with E-state index < -0.39 is 12.4 Å². The van der Waals surface area contributed by atoms with Gasteiger partial charge < -0.3 is 9.84 Å². The predicted octanol–water partition coefficient (Wildman–Crippen LogP) is 0.250. The summed E-state index contributed by atoms with van der Waals surface area (Å²) in [5.74, 6) is -0.0454. The van der Waals surface area contributed by atoms with Crippen LogP contribution in [0.15, 0.2) is 0 Å². The smallest absolute Gasteiger partial charge is 0.450 e. The zero-order valence-corrected chi connectivity index (χ0v) is 7.68. The van der Waals surface area contributed by atoms with Gasteiger partial charge in [0.1, 0.15) is 0 Å². The minimum absolute atomic E-state index is 0.0454. The van der Waals surface area contributed by atoms with Gasteiger partial charge in [0.25, 0.3) is 0 Å². The van der Waals surface area contributed by atoms with Crippen molar-refractivity contribution in [2.75, 3.05) is 13.1 Å². The van der Waals surface area contributed by atoms with Gasteiger partial charge in [-0.1, -0.05) is 0 Å². The molecule has 6 nitrogen and oxygen atoms in total. The standard InChI is InChI=1S/C8H12N2O4/c11-6-3-5-9-4-1-2-7(10(6)9)14-8(12)13/h7H,1-5H2,(H,12,13). The molecule has 1 amide bonds. The summed E-state index contributed by atoms with van der Waals surface area (Å²) in [6.07, 6.45) is -0.0248. The molecular formula is C8H12N2O4. The van der Waals surface area contributed by atoms with E-state index in [4.69, 9.17) is 5.11 Å². The third-order valence-corrected chi connectivity index (χ3v) is 2.52. The van der Waals surface area contributed by atoms with E-state index in [2.05, 4.69) is 4.74 Å². The Balaban J connectivity index is 2.08. The molecule has 2 fully saturated rings. The van der Waals surface area contributed by atoms with Crippen molar-refractivity contribution in [1.82, 2.24) is 10.0 Å². The number of ether oxygens (including phenoxy) is 1. The van der Waals surface area contributed by atoms with Gasteiger partial charge >= 0.3 is 6.16 Å². The Morgan fingerprint density at radius 2 is 2.29 bits per heavy atom. The molecule has 1 unspecified atom stereocenters. The van der Waals surface area contributed by atoms with Gasteiger partial charge in [0.2, 0.25) is 5.91 Å². The van der Waals surface area contributed by atoms with E-state index in [0.29, 0.717) is 19.4 Å². The van der Waals surface area contributed by atoms with Crippen LogP contribution in [0, 0.1) is 0 Å². The molecule has 2 rings (SSSR count). The van der Waals surface area contributed by atoms with Crippen LogP contribution in [0.1, 0.15) is 19.3 Å². The van der Waals surface area contributed by atoms with Crippen molar-refractivity contribution < 1.29 is 19.4 Å². The normalized spacial score (nSPS) is 27.6. The average molecular weight is 200 g/mol. The summed E-state index contributed by atoms with van der Waals surface area (Å²) in [6, 6.07) is 0. The maximum Gasteiger partial charge on any atom is 0.507 e. The minimum atomic E-state index is -1.32. The van der Waals surface area contributed by atoms with Gasteiger partial charge in [0.15, 0.2) is 6.23 Å². The number of rotatable bonds is 1. The summed E-state index contributed by atoms with van der Waals surface area (Å²) in [6.45, 7) is 1.49. The molecule has 0 spiro atoms. The molecule has 0 bridgehead atoms. The Hall–Kier alpha value is -1.30. The maximum atomic E-state index is 11.4. The lowest BCUT2D eigenvalue weighted by Crippen LogP contribution is -2.51. The van der Waals surface area contributed by atoms with Crippen molar-refractivity contribution in [3.8, 4) is 0 Å². The third kappa shape index (κ3) is 1.52. The van der Waals surface area contributed by atoms with Gasteiger partial charge in [0, 0.05) is 25.9 Å². The number of hydrazine groups is 1. The van der Waals surface area contributed by atoms with Gasteiger partial charge in [0.05, 0.1) is 0 Å². The molecule has 1 N–H and O–H groups in total. The summed E-state index contributed by atoms with van der Waals surface area (Å²) in [5, 5.41) is 11.8. The van der Waals surface area contributed by atoms with Crippen LogP contribution < -0.4 is 0 Å². The van der Waals surface area contributed by atoms with E-state index >= 15 is 0 Å². The topological polar surface area (TPSA) is 70.1 Å². The van der Waals surface area contributed by atoms with Crippen molar-refractivity contribution in [3.05, 3.63) is 0 Å². The number of nitrogens with zero attached hydrogens (tertiary/aromatic N) is 2. The summed E-state index contributed by atoms with van der Waals surface area (Å²) < 4.78 is 4.66. The highest BCUT2D eigenvalue weighted by atomic mass is 16.7. The van der Waals surface area contributed by atoms with Crippen LogP contribution in [0.3, 0.4) is 0 Å². The van der Waals surface area contributed by atoms with Crippen LogP contribution in [0.2, 0.25) is 0 Å². The maximum absolute atomic E-state index is 11.4. The number of carboxylic acid groups (broad SMARTS) is 1. The number of hydrogen-bond donors (Lipinski definition) is 1. The van der Waals surface area contributed by atoms with E-state index in [1.165, 1.54) is 5.01 Å². The zero-order valence-electron chi connectivity index (χ0n) is 7.68. The largest absolute Gasteiger partial charge is 0.507 e. The van der Waals surface area contributed by atoms with Gasteiger partial charge in [-0.25, -0.2) is 14.8 Å². The Morgan fingerprint density at radius 1 is 1.50 bits per heavy atom. The summed E-state index contributed by atoms with van der Waals surface area (Å²) >= 11 is 0. The molecule has 0 aromatic rings. The fourth-order valence-corrected chi connectivity index (χ4v) is 1.96. The van der Waals surface area contributed by atoms with Gasteiger partial charge in [-0.05, 0) is 6.42 Å². The molecule has 2 saturated heterocycles. The molecule has 0 aromatic heterocycles. The number of carbonyl (C=O) groups excluding carboxylic acids is 1. The molecule has 78 valence electrons. The molecular weight excluding hydrogens is 188 g/mol. The fourth-order valence-electron chi connectivity index (χ4n) is 1.96. The average Bonchev–Trinajstić information content (AvgIpc) is 2.48. The van der Waals surface area contributed by atoms with Gasteiger partial charge in [-0.3, -0.25) is 4.79 Å². The predicted molar refractivity (Wildman–Crippen MR) is 45.2 cm³/mol. The first-order chi connectivity index (χ1) is 6.68. The second-order valence-corrected chi connectivity index (χ2v) is 3.42. The lowest BCUT2D eigenvalue weighted by molar-refractivity contribution is -0.173. The summed E-state index contributed by atoms with van der Waals surface area (Å²) in [4.78, 5) is 21.8. The number of fused-ring (bicyclic) bond motifs is 1. The van der Waals surface area contributed by atoms with E-state index in [0.717, 1.165) is 13.0 Å². The summed E-state index contributed by atoms with van der Waals surface area (Å²) in [5.41, 5.74) is 0. The monoisotopic (exact) mass is 200 g/mol. The lowest BCUT2D eigenvalue weighted by atomic mass is 10.2. The minimum Gasteiger partial charge on any atom is -0.450 e. The van der Waals surface area contributed by atoms with Crippen molar-refractivity contribution in [3.63, 3.8) is 0 Å². The van der Waals surface area contributed by atoms with E-state index in [1.54, 1.807) is 0 Å². The van der Waals surface area contributed by atoms with Crippen LogP contribution in [0.5, 0.6) is 0 Å². The Morgan fingerprint density at radius 3 is 3.00 bits per heavy atom. The highest BCUT2D eigenvalue weighted by Crippen LogP contribution is 2.24. The Bertz CT molecular complexity index is 268. The number of carbonyl (C=O) groups is 2. The quantitative estimate of drug-likeness (QED) is 0.614. The van der Waals surface area contributed by atoms with Crippen LogP contribution in [0.4, 0.5) is 4.79 Å². The molecule has 0 aromatic carbocycles. The summed E-state index contributed by atoms with van der Waals surface area (Å²) in [7, 11) is 0. The van der Waals surface area contributed by atoms with Crippen molar-refractivity contribution in [2.24, 2.45) is 0 Å². The highest BCUT2D eigenvalue weighted by molar-refractivity contribution is 5.78. The van der Waals surface area contributed by atoms with Crippen molar-refractivity contribution in [2.45, 2.75) is 25.5 Å². The lowest BCUT2D eigenvalue weighted by Gasteiger charge is -2.37. The first-order valence-electron chi connectivity index (χ1n) is 4.65. The SMILES string of the molecule is O=C(O)OC1CCCN2CCC(=O)N12. The number of amides is 1. The molecule has 14 heavy (non-hydrogen) atoms. The van der Waals surface area contributed by atoms with Gasteiger partial charge in [-0.2, -0.15) is 0 Å². The Kier molecular flexibility index (Phi) is 2.28. The van der Waals surface area contributed by atoms with Crippen molar-refractivity contribution >= 4 is 12.1 Å². The molecule has 0 aliphatic carbocycles. The molecule has 6 heteroatoms. The third-order valence-electron chi connectivity index (χ3n) is 2.52. The van der Waals surface area contributed by atoms with Crippen LogP contribution >= 0.6 is 0 Å². The van der Waals surface area contributed by atoms with Crippen molar-refractivity contribution in [1.29, 1.82) is 0 Å². The van der Waals surface area contributed by atoms with E-state index in [1.807, 2.05) is 5.01 Å². The zero-order chi connectivity index (χ0) is 10.1. The second-order valence-electron chi connectivity index (χ2n) is 3.42. The molecule has 2 aliphatic heterocycles. The molecule has 0 saturated carbocycles. The molecule has 2 aliphatic rings. The van der Waals surface area contributed by atoms with Crippen LogP contribution in [-0.2, 0) is 9.53 Å². The molecule has 1 atom stereocenters. The first kappa shape index (κ1) is 9.26. The number of hydrogen-bond acceptors (Lipinski definition) is 4. The van der Waals surface area contributed by atoms with Crippen LogP contribution in [-0.4, -0.2) is 46.5 Å². The molecule has 0 radical (unpaired) electrons. The van der Waals surface area contributed by atoms with E-state index in [-0.39, 0.29) is 5.91 Å².